The van der Waals surface area contributed by atoms with Gasteiger partial charge in [0.05, 0.1) is 11.4 Å². The number of hydrogen-bond acceptors (Lipinski definition) is 4. The molecule has 4 N–H and O–H groups in total. The number of nitrogens with zero attached hydrogens (tertiary/aromatic N) is 1. The van der Waals surface area contributed by atoms with Crippen LogP contribution < -0.4 is 16.7 Å². The molecule has 1 unspecified atom stereocenters. The Labute approximate surface area is 96.6 Å². The van der Waals surface area contributed by atoms with E-state index in [1.54, 1.807) is 0 Å². The van der Waals surface area contributed by atoms with Gasteiger partial charge in [0.25, 0.3) is 0 Å². The van der Waals surface area contributed by atoms with Gasteiger partial charge in [-0.25, -0.2) is 0 Å². The van der Waals surface area contributed by atoms with Crippen molar-refractivity contribution in [1.29, 1.82) is 0 Å². The molecular formula is C12H20N4. The molecule has 0 aromatic carbocycles. The Morgan fingerprint density at radius 1 is 1.50 bits per heavy atom. The first-order valence-corrected chi connectivity index (χ1v) is 5.83. The fourth-order valence-electron chi connectivity index (χ4n) is 2.54. The van der Waals surface area contributed by atoms with Crippen LogP contribution in [0.25, 0.3) is 0 Å². The second-order valence-electron chi connectivity index (χ2n) is 4.70. The SMILES string of the molecule is CC(C)=C1NN=C2CCCC(NN)C2=C1C. The normalized spacial score (nSPS) is 24.9. The zero-order valence-corrected chi connectivity index (χ0v) is 10.2. The van der Waals surface area contributed by atoms with Gasteiger partial charge in [0.15, 0.2) is 0 Å². The number of fused-ring (bicyclic) bond motifs is 1. The van der Waals surface area contributed by atoms with Gasteiger partial charge in [0.1, 0.15) is 0 Å². The van der Waals surface area contributed by atoms with Gasteiger partial charge < -0.3 is 0 Å². The standard InChI is InChI=1S/C12H20N4/c1-7(2)12-8(3)11-9(14-13)5-4-6-10(11)15-16-12/h9,14,16H,4-6,13H2,1-3H3. The molecular weight excluding hydrogens is 200 g/mol. The molecule has 0 saturated heterocycles. The molecule has 0 spiro atoms. The number of nitrogens with one attached hydrogen (secondary N) is 2. The van der Waals surface area contributed by atoms with E-state index in [-0.39, 0.29) is 6.04 Å². The van der Waals surface area contributed by atoms with E-state index in [4.69, 9.17) is 5.84 Å². The topological polar surface area (TPSA) is 62.4 Å². The molecule has 1 atom stereocenters. The maximum absolute atomic E-state index is 5.62. The zero-order valence-electron chi connectivity index (χ0n) is 10.2. The molecule has 0 aromatic heterocycles. The molecule has 0 bridgehead atoms. The van der Waals surface area contributed by atoms with Crippen LogP contribution in [0.3, 0.4) is 0 Å². The molecule has 0 aromatic rings. The van der Waals surface area contributed by atoms with E-state index >= 15 is 0 Å². The van der Waals surface area contributed by atoms with Crippen LogP contribution >= 0.6 is 0 Å². The highest BCUT2D eigenvalue weighted by Gasteiger charge is 2.28. The van der Waals surface area contributed by atoms with E-state index < -0.39 is 0 Å². The van der Waals surface area contributed by atoms with Crippen LogP contribution in [0.15, 0.2) is 27.5 Å². The minimum absolute atomic E-state index is 0.254. The molecule has 1 heterocycles. The summed E-state index contributed by atoms with van der Waals surface area (Å²) < 4.78 is 0. The van der Waals surface area contributed by atoms with Gasteiger partial charge >= 0.3 is 0 Å². The maximum atomic E-state index is 5.62. The average Bonchev–Trinajstić information content (AvgIpc) is 2.28. The van der Waals surface area contributed by atoms with E-state index in [1.165, 1.54) is 16.7 Å². The van der Waals surface area contributed by atoms with E-state index in [9.17, 15) is 0 Å². The molecule has 1 saturated carbocycles. The second-order valence-corrected chi connectivity index (χ2v) is 4.70. The first kappa shape index (κ1) is 11.4. The fourth-order valence-corrected chi connectivity index (χ4v) is 2.54. The Morgan fingerprint density at radius 3 is 2.88 bits per heavy atom. The molecule has 4 heteroatoms. The van der Waals surface area contributed by atoms with Crippen molar-refractivity contribution in [3.05, 3.63) is 22.4 Å². The molecule has 4 nitrogen and oxygen atoms in total. The first-order valence-electron chi connectivity index (χ1n) is 5.83. The van der Waals surface area contributed by atoms with E-state index in [0.717, 1.165) is 30.7 Å². The first-order chi connectivity index (χ1) is 7.65. The molecule has 2 aliphatic rings. The van der Waals surface area contributed by atoms with E-state index in [0.29, 0.717) is 0 Å². The lowest BCUT2D eigenvalue weighted by atomic mass is 9.83. The third kappa shape index (κ3) is 1.79. The van der Waals surface area contributed by atoms with Crippen molar-refractivity contribution in [2.24, 2.45) is 10.9 Å². The monoisotopic (exact) mass is 220 g/mol. The zero-order chi connectivity index (χ0) is 11.7. The van der Waals surface area contributed by atoms with Crippen molar-refractivity contribution in [3.8, 4) is 0 Å². The summed E-state index contributed by atoms with van der Waals surface area (Å²) in [6.45, 7) is 6.34. The highest BCUT2D eigenvalue weighted by Crippen LogP contribution is 2.30. The van der Waals surface area contributed by atoms with Crippen LogP contribution in [0.2, 0.25) is 0 Å². The van der Waals surface area contributed by atoms with Gasteiger partial charge in [-0.05, 0) is 51.2 Å². The smallest absolute Gasteiger partial charge is 0.0658 e. The summed E-state index contributed by atoms with van der Waals surface area (Å²) in [4.78, 5) is 0. The summed E-state index contributed by atoms with van der Waals surface area (Å²) in [5.41, 5.74) is 12.2. The maximum Gasteiger partial charge on any atom is 0.0658 e. The lowest BCUT2D eigenvalue weighted by molar-refractivity contribution is 0.522. The Bertz CT molecular complexity index is 386. The molecule has 1 aliphatic heterocycles. The van der Waals surface area contributed by atoms with E-state index in [2.05, 4.69) is 36.7 Å². The van der Waals surface area contributed by atoms with Gasteiger partial charge in [-0.1, -0.05) is 5.57 Å². The molecule has 88 valence electrons. The second kappa shape index (κ2) is 4.39. The third-order valence-electron chi connectivity index (χ3n) is 3.35. The molecule has 0 radical (unpaired) electrons. The average molecular weight is 220 g/mol. The lowest BCUT2D eigenvalue weighted by Crippen LogP contribution is -2.43. The number of allylic oxidation sites excluding steroid dienone is 2. The van der Waals surface area contributed by atoms with Crippen LogP contribution in [0.4, 0.5) is 0 Å². The largest absolute Gasteiger partial charge is 0.278 e. The third-order valence-corrected chi connectivity index (χ3v) is 3.35. The quantitative estimate of drug-likeness (QED) is 0.464. The van der Waals surface area contributed by atoms with Gasteiger partial charge in [-0.3, -0.25) is 16.7 Å². The van der Waals surface area contributed by atoms with Crippen molar-refractivity contribution in [1.82, 2.24) is 10.9 Å². The molecule has 0 amide bonds. The summed E-state index contributed by atoms with van der Waals surface area (Å²) in [6.07, 6.45) is 3.29. The highest BCUT2D eigenvalue weighted by atomic mass is 15.3. The Balaban J connectivity index is 2.46. The van der Waals surface area contributed by atoms with Crippen molar-refractivity contribution >= 4 is 5.71 Å². The number of hydrazine groups is 1. The summed E-state index contributed by atoms with van der Waals surface area (Å²) in [6, 6.07) is 0.254. The van der Waals surface area contributed by atoms with Crippen LogP contribution in [-0.4, -0.2) is 11.8 Å². The minimum atomic E-state index is 0.254. The van der Waals surface area contributed by atoms with Gasteiger partial charge in [0.2, 0.25) is 0 Å². The fraction of sp³-hybridized carbons (Fsp3) is 0.583. The van der Waals surface area contributed by atoms with Crippen LogP contribution in [-0.2, 0) is 0 Å². The Morgan fingerprint density at radius 2 is 2.25 bits per heavy atom. The van der Waals surface area contributed by atoms with Crippen molar-refractivity contribution < 1.29 is 0 Å². The molecule has 1 fully saturated rings. The Kier molecular flexibility index (Phi) is 3.12. The Hall–Kier alpha value is -1.13. The molecule has 2 rings (SSSR count). The summed E-state index contributed by atoms with van der Waals surface area (Å²) in [7, 11) is 0. The number of nitrogens with two attached hydrogens (primary N) is 1. The minimum Gasteiger partial charge on any atom is -0.278 e. The predicted octanol–water partition coefficient (Wildman–Crippen LogP) is 1.57. The van der Waals surface area contributed by atoms with Crippen molar-refractivity contribution in [2.75, 3.05) is 0 Å². The van der Waals surface area contributed by atoms with Gasteiger partial charge in [-0.15, -0.1) is 0 Å². The predicted molar refractivity (Wildman–Crippen MR) is 66.6 cm³/mol. The van der Waals surface area contributed by atoms with Crippen molar-refractivity contribution in [2.45, 2.75) is 46.1 Å². The van der Waals surface area contributed by atoms with Crippen LogP contribution in [0.5, 0.6) is 0 Å². The van der Waals surface area contributed by atoms with Crippen molar-refractivity contribution in [3.63, 3.8) is 0 Å². The molecule has 1 aliphatic carbocycles. The summed E-state index contributed by atoms with van der Waals surface area (Å²) in [5, 5.41) is 4.46. The lowest BCUT2D eigenvalue weighted by Gasteiger charge is -2.32. The van der Waals surface area contributed by atoms with E-state index in [1.807, 2.05) is 0 Å². The number of hydrazone groups is 1. The van der Waals surface area contributed by atoms with Gasteiger partial charge in [-0.2, -0.15) is 5.10 Å². The van der Waals surface area contributed by atoms with Gasteiger partial charge in [0, 0.05) is 6.04 Å². The molecule has 16 heavy (non-hydrogen) atoms. The number of hydrogen-bond donors (Lipinski definition) is 3. The van der Waals surface area contributed by atoms with Crippen LogP contribution in [0, 0.1) is 0 Å². The van der Waals surface area contributed by atoms with Crippen LogP contribution in [0.1, 0.15) is 40.0 Å². The summed E-state index contributed by atoms with van der Waals surface area (Å²) >= 11 is 0. The summed E-state index contributed by atoms with van der Waals surface area (Å²) in [5.74, 6) is 5.62. The number of rotatable bonds is 1. The highest BCUT2D eigenvalue weighted by molar-refractivity contribution is 6.03.